The number of carbonyl (C=O) groups excluding carboxylic acids is 2. The molecular formula is C18H18O5. The molecule has 0 aromatic heterocycles. The molecule has 0 saturated carbocycles. The first-order valence-corrected chi connectivity index (χ1v) is 7.07. The quantitative estimate of drug-likeness (QED) is 0.677. The van der Waals surface area contributed by atoms with Crippen LogP contribution in [-0.2, 0) is 11.3 Å². The molecular weight excluding hydrogens is 296 g/mol. The van der Waals surface area contributed by atoms with E-state index in [9.17, 15) is 14.7 Å². The highest BCUT2D eigenvalue weighted by Gasteiger charge is 2.15. The first-order chi connectivity index (χ1) is 10.9. The van der Waals surface area contributed by atoms with Gasteiger partial charge in [0.05, 0.1) is 7.11 Å². The number of aryl methyl sites for hydroxylation is 1. The minimum absolute atomic E-state index is 0.0590. The third-order valence-corrected chi connectivity index (χ3v) is 3.50. The Balaban J connectivity index is 2.20. The number of phenolic OH excluding ortho intramolecular Hbond substituents is 1. The molecule has 0 atom stereocenters. The molecule has 0 heterocycles. The van der Waals surface area contributed by atoms with Crippen LogP contribution >= 0.6 is 0 Å². The lowest BCUT2D eigenvalue weighted by Gasteiger charge is -2.11. The average molecular weight is 314 g/mol. The van der Waals surface area contributed by atoms with Gasteiger partial charge in [-0.3, -0.25) is 4.79 Å². The topological polar surface area (TPSA) is 72.8 Å². The highest BCUT2D eigenvalue weighted by Crippen LogP contribution is 2.24. The van der Waals surface area contributed by atoms with Gasteiger partial charge in [-0.25, -0.2) is 4.79 Å². The number of esters is 1. The minimum atomic E-state index is -0.638. The fourth-order valence-corrected chi connectivity index (χ4v) is 2.16. The Morgan fingerprint density at radius 2 is 1.91 bits per heavy atom. The van der Waals surface area contributed by atoms with E-state index in [2.05, 4.69) is 0 Å². The van der Waals surface area contributed by atoms with Gasteiger partial charge in [0.2, 0.25) is 0 Å². The third kappa shape index (κ3) is 3.69. The SMILES string of the molecule is COc1ccc(C(C)=O)cc1COC(=O)c1cccc(C)c1O. The number of methoxy groups -OCH3 is 1. The molecule has 0 unspecified atom stereocenters. The van der Waals surface area contributed by atoms with E-state index in [-0.39, 0.29) is 23.7 Å². The Morgan fingerprint density at radius 1 is 1.17 bits per heavy atom. The van der Waals surface area contributed by atoms with E-state index >= 15 is 0 Å². The van der Waals surface area contributed by atoms with Crippen molar-refractivity contribution in [3.63, 3.8) is 0 Å². The summed E-state index contributed by atoms with van der Waals surface area (Å²) in [5.41, 5.74) is 1.79. The van der Waals surface area contributed by atoms with Crippen LogP contribution in [0, 0.1) is 6.92 Å². The summed E-state index contributed by atoms with van der Waals surface area (Å²) in [6.45, 7) is 3.10. The molecule has 2 aromatic rings. The number of ether oxygens (including phenoxy) is 2. The molecule has 0 spiro atoms. The van der Waals surface area contributed by atoms with E-state index in [0.717, 1.165) is 0 Å². The van der Waals surface area contributed by atoms with Crippen molar-refractivity contribution in [2.75, 3.05) is 7.11 Å². The van der Waals surface area contributed by atoms with Gasteiger partial charge >= 0.3 is 5.97 Å². The largest absolute Gasteiger partial charge is 0.507 e. The van der Waals surface area contributed by atoms with Crippen LogP contribution in [0.4, 0.5) is 0 Å². The van der Waals surface area contributed by atoms with Gasteiger partial charge < -0.3 is 14.6 Å². The van der Waals surface area contributed by atoms with Crippen molar-refractivity contribution in [3.05, 3.63) is 58.7 Å². The van der Waals surface area contributed by atoms with Crippen molar-refractivity contribution < 1.29 is 24.2 Å². The van der Waals surface area contributed by atoms with Gasteiger partial charge in [0.15, 0.2) is 5.78 Å². The molecule has 120 valence electrons. The zero-order chi connectivity index (χ0) is 17.0. The lowest BCUT2D eigenvalue weighted by molar-refractivity contribution is 0.0466. The highest BCUT2D eigenvalue weighted by atomic mass is 16.5. The van der Waals surface area contributed by atoms with E-state index in [1.807, 2.05) is 0 Å². The van der Waals surface area contributed by atoms with Crippen LogP contribution in [0.25, 0.3) is 0 Å². The molecule has 0 bridgehead atoms. The molecule has 0 saturated heterocycles. The van der Waals surface area contributed by atoms with E-state index < -0.39 is 5.97 Å². The number of aromatic hydroxyl groups is 1. The van der Waals surface area contributed by atoms with Gasteiger partial charge in [-0.1, -0.05) is 12.1 Å². The van der Waals surface area contributed by atoms with Gasteiger partial charge in [-0.05, 0) is 43.7 Å². The number of phenols is 1. The summed E-state index contributed by atoms with van der Waals surface area (Å²) in [6, 6.07) is 9.80. The lowest BCUT2D eigenvalue weighted by atomic mass is 10.1. The summed E-state index contributed by atoms with van der Waals surface area (Å²) in [6.07, 6.45) is 0. The molecule has 2 rings (SSSR count). The molecule has 23 heavy (non-hydrogen) atoms. The van der Waals surface area contributed by atoms with Crippen molar-refractivity contribution in [1.29, 1.82) is 0 Å². The number of ketones is 1. The summed E-state index contributed by atoms with van der Waals surface area (Å²) < 4.78 is 10.4. The number of hydrogen-bond acceptors (Lipinski definition) is 5. The molecule has 0 amide bonds. The van der Waals surface area contributed by atoms with E-state index in [1.165, 1.54) is 20.1 Å². The smallest absolute Gasteiger partial charge is 0.342 e. The molecule has 0 aliphatic rings. The Hall–Kier alpha value is -2.82. The maximum Gasteiger partial charge on any atom is 0.342 e. The normalized spacial score (nSPS) is 10.2. The first kappa shape index (κ1) is 16.5. The summed E-state index contributed by atoms with van der Waals surface area (Å²) in [5, 5.41) is 9.91. The predicted molar refractivity (Wildman–Crippen MR) is 85.0 cm³/mol. The summed E-state index contributed by atoms with van der Waals surface area (Å²) in [4.78, 5) is 23.6. The molecule has 5 heteroatoms. The highest BCUT2D eigenvalue weighted by molar-refractivity contribution is 5.94. The third-order valence-electron chi connectivity index (χ3n) is 3.50. The van der Waals surface area contributed by atoms with Crippen molar-refractivity contribution in [2.45, 2.75) is 20.5 Å². The predicted octanol–water partition coefficient (Wildman–Crippen LogP) is 3.27. The number of carbonyl (C=O) groups is 2. The van der Waals surface area contributed by atoms with Crippen LogP contribution in [0.15, 0.2) is 36.4 Å². The Labute approximate surface area is 134 Å². The molecule has 0 radical (unpaired) electrons. The van der Waals surface area contributed by atoms with Gasteiger partial charge in [-0.2, -0.15) is 0 Å². The maximum absolute atomic E-state index is 12.1. The second kappa shape index (κ2) is 6.96. The average Bonchev–Trinajstić information content (AvgIpc) is 2.54. The number of benzene rings is 2. The maximum atomic E-state index is 12.1. The Kier molecular flexibility index (Phi) is 5.01. The van der Waals surface area contributed by atoms with Crippen LogP contribution in [0.3, 0.4) is 0 Å². The fraction of sp³-hybridized carbons (Fsp3) is 0.222. The second-order valence-corrected chi connectivity index (χ2v) is 5.13. The summed E-state index contributed by atoms with van der Waals surface area (Å²) >= 11 is 0. The number of para-hydroxylation sites is 1. The molecule has 5 nitrogen and oxygen atoms in total. The van der Waals surface area contributed by atoms with Crippen molar-refractivity contribution in [2.24, 2.45) is 0 Å². The molecule has 0 fully saturated rings. The zero-order valence-corrected chi connectivity index (χ0v) is 13.3. The monoisotopic (exact) mass is 314 g/mol. The first-order valence-electron chi connectivity index (χ1n) is 7.07. The van der Waals surface area contributed by atoms with Crippen molar-refractivity contribution in [1.82, 2.24) is 0 Å². The minimum Gasteiger partial charge on any atom is -0.507 e. The van der Waals surface area contributed by atoms with Crippen molar-refractivity contribution in [3.8, 4) is 11.5 Å². The molecule has 1 N–H and O–H groups in total. The van der Waals surface area contributed by atoms with Gasteiger partial charge in [0.1, 0.15) is 23.7 Å². The van der Waals surface area contributed by atoms with Crippen molar-refractivity contribution >= 4 is 11.8 Å². The standard InChI is InChI=1S/C18H18O5/c1-11-5-4-6-15(17(11)20)18(21)23-10-14-9-13(12(2)19)7-8-16(14)22-3/h4-9,20H,10H2,1-3H3. The van der Waals surface area contributed by atoms with Gasteiger partial charge in [-0.15, -0.1) is 0 Å². The zero-order valence-electron chi connectivity index (χ0n) is 13.3. The van der Waals surface area contributed by atoms with Gasteiger partial charge in [0.25, 0.3) is 0 Å². The number of hydrogen-bond donors (Lipinski definition) is 1. The summed E-state index contributed by atoms with van der Waals surface area (Å²) in [5.74, 6) is -0.295. The number of rotatable bonds is 5. The van der Waals surface area contributed by atoms with E-state index in [0.29, 0.717) is 22.4 Å². The van der Waals surface area contributed by atoms with Crippen LogP contribution in [0.1, 0.15) is 38.8 Å². The summed E-state index contributed by atoms with van der Waals surface area (Å²) in [7, 11) is 1.50. The van der Waals surface area contributed by atoms with E-state index in [4.69, 9.17) is 9.47 Å². The number of Topliss-reactive ketones (excluding diaryl/α,β-unsaturated/α-hetero) is 1. The molecule has 0 aliphatic carbocycles. The van der Waals surface area contributed by atoms with E-state index in [1.54, 1.807) is 37.3 Å². The second-order valence-electron chi connectivity index (χ2n) is 5.13. The lowest BCUT2D eigenvalue weighted by Crippen LogP contribution is -2.07. The molecule has 0 aliphatic heterocycles. The fourth-order valence-electron chi connectivity index (χ4n) is 2.16. The van der Waals surface area contributed by atoms with Crippen LogP contribution in [0.5, 0.6) is 11.5 Å². The Bertz CT molecular complexity index is 749. The molecule has 2 aromatic carbocycles. The van der Waals surface area contributed by atoms with Crippen LogP contribution in [0.2, 0.25) is 0 Å². The van der Waals surface area contributed by atoms with Crippen LogP contribution < -0.4 is 4.74 Å². The van der Waals surface area contributed by atoms with Gasteiger partial charge in [0, 0.05) is 11.1 Å². The Morgan fingerprint density at radius 3 is 2.57 bits per heavy atom. The van der Waals surface area contributed by atoms with Crippen LogP contribution in [-0.4, -0.2) is 24.0 Å².